The zero-order chi connectivity index (χ0) is 14.3. The van der Waals surface area contributed by atoms with Crippen LogP contribution in [-0.2, 0) is 9.59 Å². The van der Waals surface area contributed by atoms with E-state index in [0.717, 1.165) is 0 Å². The third-order valence-corrected chi connectivity index (χ3v) is 3.44. The number of piperidine rings is 1. The number of imide groups is 1. The Morgan fingerprint density at radius 2 is 2.20 bits per heavy atom. The minimum absolute atomic E-state index is 0.0729. The number of furan rings is 1. The molecule has 3 rings (SSSR count). The zero-order valence-corrected chi connectivity index (χ0v) is 10.4. The van der Waals surface area contributed by atoms with Crippen LogP contribution in [0.3, 0.4) is 0 Å². The summed E-state index contributed by atoms with van der Waals surface area (Å²) in [6.45, 7) is 0. The highest BCUT2D eigenvalue weighted by molar-refractivity contribution is 6.02. The molecule has 1 atom stereocenters. The second kappa shape index (κ2) is 4.49. The van der Waals surface area contributed by atoms with Crippen molar-refractivity contribution in [2.24, 2.45) is 0 Å². The van der Waals surface area contributed by atoms with Crippen molar-refractivity contribution in [1.29, 1.82) is 0 Å². The van der Waals surface area contributed by atoms with E-state index >= 15 is 0 Å². The Kier molecular flexibility index (Phi) is 2.79. The fraction of sp³-hybridized carbons (Fsp3) is 0.200. The molecule has 1 aromatic carbocycles. The van der Waals surface area contributed by atoms with Crippen LogP contribution < -0.4 is 5.32 Å². The molecule has 2 amide bonds. The lowest BCUT2D eigenvalue weighted by atomic mass is 9.90. The van der Waals surface area contributed by atoms with Crippen LogP contribution in [0.25, 0.3) is 11.0 Å². The fourth-order valence-corrected chi connectivity index (χ4v) is 2.46. The molecule has 4 nitrogen and oxygen atoms in total. The third kappa shape index (κ3) is 1.86. The first kappa shape index (κ1) is 12.4. The lowest BCUT2D eigenvalue weighted by Crippen LogP contribution is -2.39. The highest BCUT2D eigenvalue weighted by Gasteiger charge is 2.30. The van der Waals surface area contributed by atoms with Crippen LogP contribution in [0.5, 0.6) is 0 Å². The Morgan fingerprint density at radius 1 is 1.40 bits per heavy atom. The van der Waals surface area contributed by atoms with Crippen molar-refractivity contribution in [3.63, 3.8) is 0 Å². The van der Waals surface area contributed by atoms with Gasteiger partial charge in [0.15, 0.2) is 11.4 Å². The Balaban J connectivity index is 2.13. The molecule has 1 aromatic heterocycles. The molecule has 0 spiro atoms. The molecule has 1 fully saturated rings. The van der Waals surface area contributed by atoms with E-state index in [4.69, 9.17) is 10.8 Å². The molecule has 1 N–H and O–H groups in total. The van der Waals surface area contributed by atoms with Gasteiger partial charge in [0, 0.05) is 22.9 Å². The van der Waals surface area contributed by atoms with Gasteiger partial charge in [0.05, 0.1) is 12.2 Å². The fourth-order valence-electron chi connectivity index (χ4n) is 2.46. The quantitative estimate of drug-likeness (QED) is 0.638. The lowest BCUT2D eigenvalue weighted by molar-refractivity contribution is -0.134. The van der Waals surface area contributed by atoms with Gasteiger partial charge in [0.1, 0.15) is 0 Å². The zero-order valence-electron chi connectivity index (χ0n) is 10.4. The van der Waals surface area contributed by atoms with Gasteiger partial charge in [0.2, 0.25) is 11.8 Å². The number of hydrogen-bond donors (Lipinski definition) is 1. The summed E-state index contributed by atoms with van der Waals surface area (Å²) in [7, 11) is 0. The Bertz CT molecular complexity index is 769. The SMILES string of the molecule is C#Cc1cc(F)c2occ(C3CCC(=O)NC3=O)c2c1. The van der Waals surface area contributed by atoms with Crippen molar-refractivity contribution in [2.75, 3.05) is 0 Å². The summed E-state index contributed by atoms with van der Waals surface area (Å²) in [4.78, 5) is 23.0. The molecular weight excluding hydrogens is 261 g/mol. The highest BCUT2D eigenvalue weighted by Crippen LogP contribution is 2.34. The topological polar surface area (TPSA) is 59.3 Å². The standard InChI is InChI=1S/C15H10FNO3/c1-2-8-5-10-11(7-20-14(10)12(16)6-8)9-3-4-13(18)17-15(9)19/h1,5-7,9H,3-4H2,(H,17,18,19). The van der Waals surface area contributed by atoms with E-state index < -0.39 is 17.6 Å². The monoisotopic (exact) mass is 271 g/mol. The van der Waals surface area contributed by atoms with E-state index in [1.54, 1.807) is 6.07 Å². The maximum atomic E-state index is 13.8. The Hall–Kier alpha value is -2.61. The van der Waals surface area contributed by atoms with E-state index in [9.17, 15) is 14.0 Å². The number of carbonyl (C=O) groups is 2. The van der Waals surface area contributed by atoms with Crippen LogP contribution in [0.15, 0.2) is 22.8 Å². The van der Waals surface area contributed by atoms with Crippen LogP contribution in [0, 0.1) is 18.2 Å². The van der Waals surface area contributed by atoms with Gasteiger partial charge in [-0.25, -0.2) is 4.39 Å². The number of terminal acetylenes is 1. The van der Waals surface area contributed by atoms with Crippen LogP contribution in [-0.4, -0.2) is 11.8 Å². The molecule has 0 bridgehead atoms. The maximum absolute atomic E-state index is 13.8. The molecule has 2 aromatic rings. The number of benzene rings is 1. The first-order chi connectivity index (χ1) is 9.60. The van der Waals surface area contributed by atoms with Crippen molar-refractivity contribution >= 4 is 22.8 Å². The lowest BCUT2D eigenvalue weighted by Gasteiger charge is -2.19. The van der Waals surface area contributed by atoms with Gasteiger partial charge >= 0.3 is 0 Å². The number of nitrogens with one attached hydrogen (secondary N) is 1. The molecule has 0 aliphatic carbocycles. The highest BCUT2D eigenvalue weighted by atomic mass is 19.1. The van der Waals surface area contributed by atoms with E-state index in [1.807, 2.05) is 0 Å². The normalized spacial score (nSPS) is 18.9. The number of fused-ring (bicyclic) bond motifs is 1. The molecule has 1 unspecified atom stereocenters. The van der Waals surface area contributed by atoms with Crippen LogP contribution in [0.2, 0.25) is 0 Å². The second-order valence-electron chi connectivity index (χ2n) is 4.67. The predicted molar refractivity (Wildman–Crippen MR) is 69.2 cm³/mol. The number of rotatable bonds is 1. The first-order valence-corrected chi connectivity index (χ1v) is 6.11. The molecule has 0 radical (unpaired) electrons. The molecule has 100 valence electrons. The van der Waals surface area contributed by atoms with Crippen molar-refractivity contribution in [3.8, 4) is 12.3 Å². The van der Waals surface area contributed by atoms with E-state index in [0.29, 0.717) is 22.9 Å². The molecule has 2 heterocycles. The minimum Gasteiger partial charge on any atom is -0.461 e. The summed E-state index contributed by atoms with van der Waals surface area (Å²) in [5.74, 6) is 0.584. The van der Waals surface area contributed by atoms with Gasteiger partial charge in [0.25, 0.3) is 0 Å². The van der Waals surface area contributed by atoms with Gasteiger partial charge in [-0.2, -0.15) is 0 Å². The van der Waals surface area contributed by atoms with Gasteiger partial charge < -0.3 is 4.42 Å². The number of hydrogen-bond acceptors (Lipinski definition) is 3. The van der Waals surface area contributed by atoms with E-state index in [1.165, 1.54) is 12.3 Å². The Labute approximate surface area is 113 Å². The summed E-state index contributed by atoms with van der Waals surface area (Å²) >= 11 is 0. The summed E-state index contributed by atoms with van der Waals surface area (Å²) in [6, 6.07) is 2.82. The molecule has 1 saturated heterocycles. The van der Waals surface area contributed by atoms with Crippen molar-refractivity contribution < 1.29 is 18.4 Å². The van der Waals surface area contributed by atoms with E-state index in [-0.39, 0.29) is 17.9 Å². The molecule has 20 heavy (non-hydrogen) atoms. The van der Waals surface area contributed by atoms with Crippen molar-refractivity contribution in [2.45, 2.75) is 18.8 Å². The van der Waals surface area contributed by atoms with Gasteiger partial charge in [-0.15, -0.1) is 6.42 Å². The largest absolute Gasteiger partial charge is 0.461 e. The van der Waals surface area contributed by atoms with Crippen molar-refractivity contribution in [3.05, 3.63) is 35.3 Å². The molecule has 1 aliphatic rings. The molecule has 0 saturated carbocycles. The van der Waals surface area contributed by atoms with Gasteiger partial charge in [-0.3, -0.25) is 14.9 Å². The average molecular weight is 271 g/mol. The number of amides is 2. The second-order valence-corrected chi connectivity index (χ2v) is 4.67. The van der Waals surface area contributed by atoms with Gasteiger partial charge in [-0.05, 0) is 18.6 Å². The summed E-state index contributed by atoms with van der Waals surface area (Å²) in [5, 5.41) is 2.75. The Morgan fingerprint density at radius 3 is 2.90 bits per heavy atom. The van der Waals surface area contributed by atoms with Crippen LogP contribution in [0.1, 0.15) is 29.9 Å². The van der Waals surface area contributed by atoms with Crippen LogP contribution >= 0.6 is 0 Å². The van der Waals surface area contributed by atoms with E-state index in [2.05, 4.69) is 11.2 Å². The first-order valence-electron chi connectivity index (χ1n) is 6.11. The van der Waals surface area contributed by atoms with Crippen LogP contribution in [0.4, 0.5) is 4.39 Å². The molecular formula is C15H10FNO3. The maximum Gasteiger partial charge on any atom is 0.234 e. The van der Waals surface area contributed by atoms with Gasteiger partial charge in [-0.1, -0.05) is 5.92 Å². The minimum atomic E-state index is -0.561. The summed E-state index contributed by atoms with van der Waals surface area (Å²) in [5.41, 5.74) is 1.01. The molecule has 1 aliphatic heterocycles. The third-order valence-electron chi connectivity index (χ3n) is 3.44. The summed E-state index contributed by atoms with van der Waals surface area (Å²) < 4.78 is 19.0. The predicted octanol–water partition coefficient (Wildman–Crippen LogP) is 2.07. The average Bonchev–Trinajstić information content (AvgIpc) is 2.83. The smallest absolute Gasteiger partial charge is 0.234 e. The number of carbonyl (C=O) groups excluding carboxylic acids is 2. The van der Waals surface area contributed by atoms with Crippen molar-refractivity contribution in [1.82, 2.24) is 5.32 Å². The number of halogens is 1. The molecule has 5 heteroatoms. The summed E-state index contributed by atoms with van der Waals surface area (Å²) in [6.07, 6.45) is 7.26.